The first kappa shape index (κ1) is 12.5. The summed E-state index contributed by atoms with van der Waals surface area (Å²) >= 11 is 0. The second-order valence-corrected chi connectivity index (χ2v) is 4.81. The van der Waals surface area contributed by atoms with Gasteiger partial charge in [0.15, 0.2) is 5.82 Å². The van der Waals surface area contributed by atoms with Crippen molar-refractivity contribution < 1.29 is 4.52 Å². The second kappa shape index (κ2) is 5.60. The number of hydrogen-bond donors (Lipinski definition) is 1. The molecule has 0 saturated carbocycles. The minimum atomic E-state index is 0.352. The normalized spacial score (nSPS) is 26.3. The molecule has 2 atom stereocenters. The summed E-state index contributed by atoms with van der Waals surface area (Å²) < 4.78 is 5.22. The topological polar surface area (TPSA) is 68.2 Å². The van der Waals surface area contributed by atoms with Gasteiger partial charge in [-0.15, -0.1) is 0 Å². The quantitative estimate of drug-likeness (QED) is 0.853. The van der Waals surface area contributed by atoms with E-state index >= 15 is 0 Å². The van der Waals surface area contributed by atoms with Crippen LogP contribution >= 0.6 is 0 Å². The van der Waals surface area contributed by atoms with E-state index in [1.54, 1.807) is 0 Å². The van der Waals surface area contributed by atoms with Crippen molar-refractivity contribution in [2.24, 2.45) is 11.7 Å². The Morgan fingerprint density at radius 2 is 2.29 bits per heavy atom. The van der Waals surface area contributed by atoms with Gasteiger partial charge >= 0.3 is 0 Å². The van der Waals surface area contributed by atoms with Crippen LogP contribution in [-0.4, -0.2) is 34.2 Å². The summed E-state index contributed by atoms with van der Waals surface area (Å²) in [4.78, 5) is 6.71. The molecule has 5 nitrogen and oxygen atoms in total. The fourth-order valence-corrected chi connectivity index (χ4v) is 2.39. The molecule has 5 heteroatoms. The van der Waals surface area contributed by atoms with Crippen molar-refractivity contribution in [1.82, 2.24) is 15.0 Å². The Hall–Kier alpha value is -0.940. The number of aromatic nitrogens is 2. The van der Waals surface area contributed by atoms with Crippen molar-refractivity contribution in [2.45, 2.75) is 45.7 Å². The largest absolute Gasteiger partial charge is 0.338 e. The van der Waals surface area contributed by atoms with Gasteiger partial charge in [0.25, 0.3) is 0 Å². The SMILES string of the molecule is CCc1noc(CN2CCC(N)C(CC)C2)n1. The van der Waals surface area contributed by atoms with Gasteiger partial charge in [0.1, 0.15) is 0 Å². The number of piperidine rings is 1. The first-order valence-corrected chi connectivity index (χ1v) is 6.52. The molecule has 17 heavy (non-hydrogen) atoms. The maximum absolute atomic E-state index is 6.09. The van der Waals surface area contributed by atoms with Crippen LogP contribution in [0.4, 0.5) is 0 Å². The van der Waals surface area contributed by atoms with Crippen LogP contribution in [0.15, 0.2) is 4.52 Å². The van der Waals surface area contributed by atoms with Crippen molar-refractivity contribution in [2.75, 3.05) is 13.1 Å². The molecule has 1 aromatic heterocycles. The van der Waals surface area contributed by atoms with Crippen LogP contribution < -0.4 is 5.73 Å². The lowest BCUT2D eigenvalue weighted by Crippen LogP contribution is -2.46. The second-order valence-electron chi connectivity index (χ2n) is 4.81. The number of nitrogens with two attached hydrogens (primary N) is 1. The fraction of sp³-hybridized carbons (Fsp3) is 0.833. The molecule has 0 spiro atoms. The lowest BCUT2D eigenvalue weighted by Gasteiger charge is -2.35. The van der Waals surface area contributed by atoms with Gasteiger partial charge in [-0.2, -0.15) is 4.98 Å². The Kier molecular flexibility index (Phi) is 4.12. The van der Waals surface area contributed by atoms with E-state index in [0.29, 0.717) is 12.0 Å². The third-order valence-corrected chi connectivity index (χ3v) is 3.59. The summed E-state index contributed by atoms with van der Waals surface area (Å²) in [7, 11) is 0. The monoisotopic (exact) mass is 238 g/mol. The van der Waals surface area contributed by atoms with E-state index in [0.717, 1.165) is 50.6 Å². The predicted octanol–water partition coefficient (Wildman–Crippen LogP) is 1.19. The van der Waals surface area contributed by atoms with Crippen LogP contribution in [0.25, 0.3) is 0 Å². The number of rotatable bonds is 4. The number of aryl methyl sites for hydroxylation is 1. The maximum atomic E-state index is 6.09. The highest BCUT2D eigenvalue weighted by Gasteiger charge is 2.26. The Balaban J connectivity index is 1.90. The van der Waals surface area contributed by atoms with Gasteiger partial charge in [-0.05, 0) is 12.3 Å². The van der Waals surface area contributed by atoms with E-state index in [1.807, 2.05) is 6.92 Å². The van der Waals surface area contributed by atoms with Gasteiger partial charge in [-0.1, -0.05) is 25.4 Å². The molecular formula is C12H22N4O. The number of hydrogen-bond acceptors (Lipinski definition) is 5. The molecule has 2 N–H and O–H groups in total. The van der Waals surface area contributed by atoms with Crippen molar-refractivity contribution >= 4 is 0 Å². The molecule has 96 valence electrons. The molecule has 0 bridgehead atoms. The van der Waals surface area contributed by atoms with E-state index in [9.17, 15) is 0 Å². The molecule has 0 aromatic carbocycles. The molecule has 2 unspecified atom stereocenters. The standard InChI is InChI=1S/C12H22N4O/c1-3-9-7-16(6-5-10(9)13)8-12-14-11(4-2)15-17-12/h9-10H,3-8,13H2,1-2H3. The third-order valence-electron chi connectivity index (χ3n) is 3.59. The molecule has 2 rings (SSSR count). The van der Waals surface area contributed by atoms with Gasteiger partial charge in [-0.25, -0.2) is 0 Å². The molecule has 1 aliphatic rings. The third kappa shape index (κ3) is 3.04. The van der Waals surface area contributed by atoms with Crippen molar-refractivity contribution in [3.8, 4) is 0 Å². The Morgan fingerprint density at radius 3 is 2.94 bits per heavy atom. The summed E-state index contributed by atoms with van der Waals surface area (Å²) in [5.74, 6) is 2.12. The molecule has 1 aromatic rings. The molecule has 0 radical (unpaired) electrons. The first-order valence-electron chi connectivity index (χ1n) is 6.52. The summed E-state index contributed by atoms with van der Waals surface area (Å²) in [5.41, 5.74) is 6.09. The van der Waals surface area contributed by atoms with Crippen molar-refractivity contribution in [3.63, 3.8) is 0 Å². The molecule has 1 aliphatic heterocycles. The van der Waals surface area contributed by atoms with Gasteiger partial charge < -0.3 is 10.3 Å². The van der Waals surface area contributed by atoms with Crippen LogP contribution in [0.2, 0.25) is 0 Å². The average molecular weight is 238 g/mol. The molecule has 0 aliphatic carbocycles. The average Bonchev–Trinajstić information content (AvgIpc) is 2.79. The number of nitrogens with zero attached hydrogens (tertiary/aromatic N) is 3. The predicted molar refractivity (Wildman–Crippen MR) is 65.3 cm³/mol. The zero-order valence-corrected chi connectivity index (χ0v) is 10.7. The zero-order chi connectivity index (χ0) is 12.3. The molecule has 2 heterocycles. The zero-order valence-electron chi connectivity index (χ0n) is 10.7. The maximum Gasteiger partial charge on any atom is 0.240 e. The smallest absolute Gasteiger partial charge is 0.240 e. The minimum absolute atomic E-state index is 0.352. The van der Waals surface area contributed by atoms with E-state index in [4.69, 9.17) is 10.3 Å². The lowest BCUT2D eigenvalue weighted by molar-refractivity contribution is 0.131. The Morgan fingerprint density at radius 1 is 1.47 bits per heavy atom. The van der Waals surface area contributed by atoms with Gasteiger partial charge in [0.2, 0.25) is 5.89 Å². The highest BCUT2D eigenvalue weighted by Crippen LogP contribution is 2.19. The van der Waals surface area contributed by atoms with Gasteiger partial charge in [0.05, 0.1) is 6.54 Å². The summed E-state index contributed by atoms with van der Waals surface area (Å²) in [6, 6.07) is 0.352. The minimum Gasteiger partial charge on any atom is -0.338 e. The summed E-state index contributed by atoms with van der Waals surface area (Å²) in [5, 5.41) is 3.92. The fourth-order valence-electron chi connectivity index (χ4n) is 2.39. The van der Waals surface area contributed by atoms with Crippen LogP contribution in [0.5, 0.6) is 0 Å². The Bertz CT molecular complexity index is 352. The van der Waals surface area contributed by atoms with Crippen LogP contribution in [0, 0.1) is 5.92 Å². The van der Waals surface area contributed by atoms with E-state index in [2.05, 4.69) is 22.0 Å². The van der Waals surface area contributed by atoms with Crippen LogP contribution in [0.1, 0.15) is 38.4 Å². The van der Waals surface area contributed by atoms with Crippen molar-refractivity contribution in [1.29, 1.82) is 0 Å². The number of likely N-dealkylation sites (tertiary alicyclic amines) is 1. The Labute approximate surface area is 102 Å². The molecule has 1 saturated heterocycles. The first-order chi connectivity index (χ1) is 8.22. The molecule has 0 amide bonds. The van der Waals surface area contributed by atoms with Crippen LogP contribution in [0.3, 0.4) is 0 Å². The summed E-state index contributed by atoms with van der Waals surface area (Å²) in [6.07, 6.45) is 3.03. The highest BCUT2D eigenvalue weighted by atomic mass is 16.5. The highest BCUT2D eigenvalue weighted by molar-refractivity contribution is 4.88. The van der Waals surface area contributed by atoms with Gasteiger partial charge in [-0.3, -0.25) is 4.90 Å². The van der Waals surface area contributed by atoms with E-state index in [1.165, 1.54) is 0 Å². The van der Waals surface area contributed by atoms with E-state index < -0.39 is 0 Å². The molecular weight excluding hydrogens is 216 g/mol. The van der Waals surface area contributed by atoms with E-state index in [-0.39, 0.29) is 0 Å². The van der Waals surface area contributed by atoms with Crippen LogP contribution in [-0.2, 0) is 13.0 Å². The van der Waals surface area contributed by atoms with Gasteiger partial charge in [0, 0.05) is 25.6 Å². The van der Waals surface area contributed by atoms with Crippen molar-refractivity contribution in [3.05, 3.63) is 11.7 Å². The molecule has 1 fully saturated rings. The lowest BCUT2D eigenvalue weighted by atomic mass is 9.91. The summed E-state index contributed by atoms with van der Waals surface area (Å²) in [6.45, 7) is 7.07.